The summed E-state index contributed by atoms with van der Waals surface area (Å²) in [5, 5.41) is 0. The largest absolute Gasteiger partial charge is 0.449 e. The Bertz CT molecular complexity index is 1290. The van der Waals surface area contributed by atoms with Gasteiger partial charge in [-0.25, -0.2) is 12.6 Å². The zero-order valence-corrected chi connectivity index (χ0v) is 19.2. The Morgan fingerprint density at radius 2 is 1.34 bits per heavy atom. The van der Waals surface area contributed by atoms with E-state index >= 15 is 0 Å². The van der Waals surface area contributed by atoms with Crippen molar-refractivity contribution in [2.24, 2.45) is 0 Å². The fraction of sp³-hybridized carbons (Fsp3) is 0.217. The molecule has 1 saturated heterocycles. The molecule has 0 radical (unpaired) electrons. The lowest BCUT2D eigenvalue weighted by molar-refractivity contribution is 0.268. The maximum Gasteiger partial charge on any atom is 0.449 e. The molecular weight excluding hydrogens is 450 g/mol. The highest BCUT2D eigenvalue weighted by atomic mass is 32.3. The molecule has 0 aromatic heterocycles. The van der Waals surface area contributed by atoms with E-state index in [-0.39, 0.29) is 17.3 Å². The van der Waals surface area contributed by atoms with Crippen LogP contribution in [-0.2, 0) is 24.6 Å². The third-order valence-electron chi connectivity index (χ3n) is 5.22. The first-order valence-corrected chi connectivity index (χ1v) is 12.8. The van der Waals surface area contributed by atoms with Gasteiger partial charge in [0.1, 0.15) is 5.75 Å². The summed E-state index contributed by atoms with van der Waals surface area (Å²) in [7, 11) is -8.21. The lowest BCUT2D eigenvalue weighted by atomic mass is 10.1. The molecule has 0 saturated carbocycles. The van der Waals surface area contributed by atoms with Crippen molar-refractivity contribution in [2.45, 2.75) is 30.8 Å². The maximum absolute atomic E-state index is 13.2. The summed E-state index contributed by atoms with van der Waals surface area (Å²) >= 11 is 0. The Balaban J connectivity index is 1.54. The first-order chi connectivity index (χ1) is 15.2. The van der Waals surface area contributed by atoms with Gasteiger partial charge in [-0.05, 0) is 43.7 Å². The van der Waals surface area contributed by atoms with E-state index < -0.39 is 32.5 Å². The van der Waals surface area contributed by atoms with Gasteiger partial charge in [-0.3, -0.25) is 0 Å². The topological polar surface area (TPSA) is 89.8 Å². The Kier molecular flexibility index (Phi) is 6.09. The number of rotatable bonds is 8. The standard InChI is InChI=1S/C23H23NO6S2/c1-17-8-12-20(13-9-17)30-32(27,28)29-16-22-23(19-6-4-3-5-7-19)24(22)31(25,26)21-14-10-18(2)11-15-21/h3-15,22-23H,16H2,1-2H3/t22-,23-,24?/m0/s1. The molecule has 1 aliphatic rings. The molecule has 7 nitrogen and oxygen atoms in total. The number of nitrogens with zero attached hydrogens (tertiary/aromatic N) is 1. The summed E-state index contributed by atoms with van der Waals surface area (Å²) in [6, 6.07) is 20.8. The van der Waals surface area contributed by atoms with Gasteiger partial charge in [-0.2, -0.15) is 12.7 Å². The van der Waals surface area contributed by atoms with Crippen molar-refractivity contribution < 1.29 is 25.2 Å². The smallest absolute Gasteiger partial charge is 0.362 e. The van der Waals surface area contributed by atoms with Crippen molar-refractivity contribution in [2.75, 3.05) is 6.61 Å². The van der Waals surface area contributed by atoms with Crippen molar-refractivity contribution >= 4 is 20.4 Å². The van der Waals surface area contributed by atoms with E-state index in [0.29, 0.717) is 0 Å². The maximum atomic E-state index is 13.2. The second-order valence-electron chi connectivity index (χ2n) is 7.66. The second-order valence-corrected chi connectivity index (χ2v) is 10.7. The van der Waals surface area contributed by atoms with Crippen LogP contribution in [0.4, 0.5) is 0 Å². The SMILES string of the molecule is Cc1ccc(OS(=O)(=O)OC[C@H]2[C@H](c3ccccc3)N2S(=O)(=O)c2ccc(C)cc2)cc1. The number of hydrogen-bond acceptors (Lipinski definition) is 6. The predicted octanol–water partition coefficient (Wildman–Crippen LogP) is 3.76. The van der Waals surface area contributed by atoms with E-state index in [1.54, 1.807) is 60.7 Å². The molecule has 1 fully saturated rings. The molecule has 168 valence electrons. The Morgan fingerprint density at radius 1 is 0.781 bits per heavy atom. The van der Waals surface area contributed by atoms with Crippen LogP contribution < -0.4 is 4.18 Å². The van der Waals surface area contributed by atoms with Gasteiger partial charge in [0.05, 0.1) is 23.6 Å². The van der Waals surface area contributed by atoms with E-state index in [2.05, 4.69) is 0 Å². The molecule has 0 bridgehead atoms. The first kappa shape index (κ1) is 22.5. The minimum Gasteiger partial charge on any atom is -0.362 e. The molecule has 1 heterocycles. The van der Waals surface area contributed by atoms with Crippen LogP contribution >= 0.6 is 0 Å². The number of benzene rings is 3. The average Bonchev–Trinajstić information content (AvgIpc) is 3.50. The molecule has 32 heavy (non-hydrogen) atoms. The van der Waals surface area contributed by atoms with Crippen LogP contribution in [-0.4, -0.2) is 33.8 Å². The average molecular weight is 474 g/mol. The van der Waals surface area contributed by atoms with Crippen LogP contribution in [0.15, 0.2) is 83.8 Å². The molecule has 0 N–H and O–H groups in total. The normalized spacial score (nSPS) is 20.6. The van der Waals surface area contributed by atoms with E-state index in [4.69, 9.17) is 8.37 Å². The summed E-state index contributed by atoms with van der Waals surface area (Å²) in [5.41, 5.74) is 2.65. The van der Waals surface area contributed by atoms with Gasteiger partial charge in [0.25, 0.3) is 0 Å². The molecule has 0 aliphatic carbocycles. The van der Waals surface area contributed by atoms with Gasteiger partial charge >= 0.3 is 10.4 Å². The first-order valence-electron chi connectivity index (χ1n) is 9.98. The van der Waals surface area contributed by atoms with Crippen molar-refractivity contribution in [3.05, 3.63) is 95.6 Å². The molecule has 3 aromatic carbocycles. The molecular formula is C23H23NO6S2. The summed E-state index contributed by atoms with van der Waals surface area (Å²) in [5.74, 6) is 0.120. The van der Waals surface area contributed by atoms with E-state index in [1.807, 2.05) is 19.9 Å². The highest BCUT2D eigenvalue weighted by molar-refractivity contribution is 7.89. The third-order valence-corrected chi connectivity index (χ3v) is 7.96. The highest BCUT2D eigenvalue weighted by Gasteiger charge is 2.56. The zero-order valence-electron chi connectivity index (χ0n) is 17.6. The van der Waals surface area contributed by atoms with Crippen molar-refractivity contribution in [1.82, 2.24) is 4.31 Å². The van der Waals surface area contributed by atoms with Gasteiger partial charge in [-0.1, -0.05) is 65.7 Å². The van der Waals surface area contributed by atoms with Crippen LogP contribution in [0.25, 0.3) is 0 Å². The molecule has 3 atom stereocenters. The summed E-state index contributed by atoms with van der Waals surface area (Å²) in [6.07, 6.45) is 0. The highest BCUT2D eigenvalue weighted by Crippen LogP contribution is 2.47. The molecule has 3 aromatic rings. The number of aryl methyl sites for hydroxylation is 2. The molecule has 0 amide bonds. The van der Waals surface area contributed by atoms with Crippen LogP contribution in [0.3, 0.4) is 0 Å². The third kappa shape index (κ3) is 4.86. The lowest BCUT2D eigenvalue weighted by Gasteiger charge is -2.08. The predicted molar refractivity (Wildman–Crippen MR) is 120 cm³/mol. The number of hydrogen-bond donors (Lipinski definition) is 0. The van der Waals surface area contributed by atoms with Crippen LogP contribution in [0.2, 0.25) is 0 Å². The molecule has 4 rings (SSSR count). The Hall–Kier alpha value is -2.72. The molecule has 9 heteroatoms. The quantitative estimate of drug-likeness (QED) is 0.463. The van der Waals surface area contributed by atoms with Gasteiger partial charge in [-0.15, -0.1) is 0 Å². The van der Waals surface area contributed by atoms with E-state index in [0.717, 1.165) is 16.7 Å². The van der Waals surface area contributed by atoms with Gasteiger partial charge in [0.2, 0.25) is 10.0 Å². The Labute approximate surface area is 188 Å². The zero-order chi connectivity index (χ0) is 22.9. The van der Waals surface area contributed by atoms with Crippen molar-refractivity contribution in [1.29, 1.82) is 0 Å². The second kappa shape index (κ2) is 8.67. The summed E-state index contributed by atoms with van der Waals surface area (Å²) in [4.78, 5) is 0.144. The molecule has 1 aliphatic heterocycles. The van der Waals surface area contributed by atoms with E-state index in [1.165, 1.54) is 16.4 Å². The fourth-order valence-electron chi connectivity index (χ4n) is 3.49. The number of sulfonamides is 1. The lowest BCUT2D eigenvalue weighted by Crippen LogP contribution is -2.21. The van der Waals surface area contributed by atoms with Gasteiger partial charge in [0.15, 0.2) is 0 Å². The van der Waals surface area contributed by atoms with Gasteiger partial charge in [0, 0.05) is 0 Å². The fourth-order valence-corrected chi connectivity index (χ4v) is 5.95. The molecule has 0 spiro atoms. The summed E-state index contributed by atoms with van der Waals surface area (Å²) < 4.78 is 62.4. The van der Waals surface area contributed by atoms with Crippen LogP contribution in [0.5, 0.6) is 5.75 Å². The minimum absolute atomic E-state index is 0.120. The van der Waals surface area contributed by atoms with Crippen LogP contribution in [0, 0.1) is 13.8 Å². The minimum atomic E-state index is -4.37. The van der Waals surface area contributed by atoms with Crippen molar-refractivity contribution in [3.8, 4) is 5.75 Å². The van der Waals surface area contributed by atoms with Crippen molar-refractivity contribution in [3.63, 3.8) is 0 Å². The molecule has 1 unspecified atom stereocenters. The van der Waals surface area contributed by atoms with Crippen LogP contribution in [0.1, 0.15) is 22.7 Å². The summed E-state index contributed by atoms with van der Waals surface area (Å²) in [6.45, 7) is 3.38. The Morgan fingerprint density at radius 3 is 1.94 bits per heavy atom. The van der Waals surface area contributed by atoms with E-state index in [9.17, 15) is 16.8 Å². The van der Waals surface area contributed by atoms with Gasteiger partial charge < -0.3 is 4.18 Å². The monoisotopic (exact) mass is 473 g/mol.